The second-order valence-corrected chi connectivity index (χ2v) is 9.59. The second kappa shape index (κ2) is 8.05. The van der Waals surface area contributed by atoms with Crippen LogP contribution in [0.5, 0.6) is 17.2 Å². The Labute approximate surface area is 204 Å². The van der Waals surface area contributed by atoms with E-state index < -0.39 is 6.29 Å². The molecule has 35 heavy (non-hydrogen) atoms. The van der Waals surface area contributed by atoms with Gasteiger partial charge in [-0.25, -0.2) is 0 Å². The summed E-state index contributed by atoms with van der Waals surface area (Å²) < 4.78 is 12.4. The van der Waals surface area contributed by atoms with Crippen LogP contribution in [-0.2, 0) is 11.2 Å². The number of ether oxygens (including phenoxy) is 2. The summed E-state index contributed by atoms with van der Waals surface area (Å²) in [6.45, 7) is 6.11. The fraction of sp³-hybridized carbons (Fsp3) is 0.233. The molecule has 2 aliphatic rings. The van der Waals surface area contributed by atoms with Gasteiger partial charge in [0.2, 0.25) is 5.91 Å². The molecule has 1 amide bonds. The zero-order valence-corrected chi connectivity index (χ0v) is 20.0. The fourth-order valence-corrected chi connectivity index (χ4v) is 5.62. The Morgan fingerprint density at radius 2 is 1.71 bits per heavy atom. The van der Waals surface area contributed by atoms with E-state index in [1.165, 1.54) is 0 Å². The molecule has 0 aliphatic carbocycles. The number of carbonyl (C=O) groups is 1. The Balaban J connectivity index is 1.43. The number of amides is 1. The first-order valence-corrected chi connectivity index (χ1v) is 12.0. The fourth-order valence-electron chi connectivity index (χ4n) is 5.62. The number of benzene rings is 4. The minimum absolute atomic E-state index is 0.0643. The number of hydrogen-bond acceptors (Lipinski definition) is 4. The molecule has 0 saturated heterocycles. The molecule has 0 aromatic heterocycles. The molecular formula is C30H27NO4. The zero-order valence-electron chi connectivity index (χ0n) is 20.0. The number of fused-ring (bicyclic) bond motifs is 7. The van der Waals surface area contributed by atoms with E-state index in [1.54, 1.807) is 6.07 Å². The summed E-state index contributed by atoms with van der Waals surface area (Å²) >= 11 is 0. The van der Waals surface area contributed by atoms with E-state index >= 15 is 0 Å². The third-order valence-corrected chi connectivity index (χ3v) is 7.16. The third kappa shape index (κ3) is 3.50. The molecule has 5 heteroatoms. The van der Waals surface area contributed by atoms with E-state index in [4.69, 9.17) is 9.47 Å². The second-order valence-electron chi connectivity index (χ2n) is 9.59. The molecule has 0 fully saturated rings. The summed E-state index contributed by atoms with van der Waals surface area (Å²) in [7, 11) is 0. The summed E-state index contributed by atoms with van der Waals surface area (Å²) in [6.07, 6.45) is -0.386. The summed E-state index contributed by atoms with van der Waals surface area (Å²) in [4.78, 5) is 13.1. The lowest BCUT2D eigenvalue weighted by atomic mass is 9.84. The topological polar surface area (TPSA) is 67.8 Å². The summed E-state index contributed by atoms with van der Waals surface area (Å²) in [5.41, 5.74) is 6.03. The molecule has 0 radical (unpaired) electrons. The Hall–Kier alpha value is -3.99. The van der Waals surface area contributed by atoms with E-state index in [-0.39, 0.29) is 30.0 Å². The molecule has 0 unspecified atom stereocenters. The maximum atomic E-state index is 13.1. The molecule has 2 heterocycles. The number of carbonyl (C=O) groups excluding carboxylic acids is 1. The summed E-state index contributed by atoms with van der Waals surface area (Å²) in [6, 6.07) is 21.4. The van der Waals surface area contributed by atoms with Gasteiger partial charge in [0.05, 0.1) is 18.4 Å². The Bertz CT molecular complexity index is 1480. The lowest BCUT2D eigenvalue weighted by Crippen LogP contribution is -2.28. The van der Waals surface area contributed by atoms with Gasteiger partial charge in [-0.2, -0.15) is 0 Å². The number of rotatable bonds is 4. The highest BCUT2D eigenvalue weighted by Crippen LogP contribution is 2.54. The van der Waals surface area contributed by atoms with Crippen LogP contribution in [0.25, 0.3) is 10.8 Å². The largest absolute Gasteiger partial charge is 0.508 e. The van der Waals surface area contributed by atoms with Gasteiger partial charge in [0.25, 0.3) is 6.29 Å². The highest BCUT2D eigenvalue weighted by molar-refractivity contribution is 5.97. The van der Waals surface area contributed by atoms with Gasteiger partial charge in [0.15, 0.2) is 0 Å². The van der Waals surface area contributed by atoms with E-state index in [1.807, 2.05) is 61.5 Å². The van der Waals surface area contributed by atoms with Gasteiger partial charge in [-0.3, -0.25) is 4.79 Å². The Morgan fingerprint density at radius 1 is 0.971 bits per heavy atom. The van der Waals surface area contributed by atoms with Gasteiger partial charge in [-0.05, 0) is 66.4 Å². The number of aryl methyl sites for hydroxylation is 2. The van der Waals surface area contributed by atoms with Gasteiger partial charge in [0.1, 0.15) is 17.2 Å². The smallest absolute Gasteiger partial charge is 0.252 e. The number of phenols is 1. The van der Waals surface area contributed by atoms with Gasteiger partial charge < -0.3 is 19.9 Å². The summed E-state index contributed by atoms with van der Waals surface area (Å²) in [5.74, 6) is 1.43. The van der Waals surface area contributed by atoms with Crippen LogP contribution in [0.15, 0.2) is 66.7 Å². The molecule has 0 spiro atoms. The first-order valence-electron chi connectivity index (χ1n) is 12.0. The Kier molecular flexibility index (Phi) is 4.95. The number of nitrogens with one attached hydrogen (secondary N) is 1. The molecule has 0 bridgehead atoms. The lowest BCUT2D eigenvalue weighted by Gasteiger charge is -2.18. The van der Waals surface area contributed by atoms with Crippen molar-refractivity contribution in [1.82, 2.24) is 5.32 Å². The molecule has 2 N–H and O–H groups in total. The van der Waals surface area contributed by atoms with Gasteiger partial charge in [-0.15, -0.1) is 0 Å². The van der Waals surface area contributed by atoms with Crippen LogP contribution in [-0.4, -0.2) is 17.3 Å². The van der Waals surface area contributed by atoms with Crippen molar-refractivity contribution < 1.29 is 19.4 Å². The SMILES string of the molecule is Cc1cc(C)c2c(c1)O[C@@H]1Oc3ccc4ccc(O)c(CC(=O)N[C@H](C)c5ccccc5)c4c3[C@H]21. The van der Waals surface area contributed by atoms with Crippen molar-refractivity contribution >= 4 is 16.7 Å². The predicted molar refractivity (Wildman–Crippen MR) is 135 cm³/mol. The van der Waals surface area contributed by atoms with Crippen molar-refractivity contribution in [3.8, 4) is 17.2 Å². The first kappa shape index (κ1) is 21.5. The number of aromatic hydroxyl groups is 1. The van der Waals surface area contributed by atoms with E-state index in [2.05, 4.69) is 25.2 Å². The maximum Gasteiger partial charge on any atom is 0.252 e. The van der Waals surface area contributed by atoms with E-state index in [0.29, 0.717) is 5.56 Å². The Morgan fingerprint density at radius 3 is 2.51 bits per heavy atom. The molecule has 6 rings (SSSR count). The first-order chi connectivity index (χ1) is 16.9. The lowest BCUT2D eigenvalue weighted by molar-refractivity contribution is -0.121. The van der Waals surface area contributed by atoms with Crippen LogP contribution in [0.3, 0.4) is 0 Å². The average molecular weight is 466 g/mol. The average Bonchev–Trinajstić information content (AvgIpc) is 3.36. The quantitative estimate of drug-likeness (QED) is 0.398. The normalized spacial score (nSPS) is 18.3. The van der Waals surface area contributed by atoms with Crippen LogP contribution >= 0.6 is 0 Å². The maximum absolute atomic E-state index is 13.1. The van der Waals surface area contributed by atoms with E-state index in [9.17, 15) is 9.90 Å². The van der Waals surface area contributed by atoms with E-state index in [0.717, 1.165) is 50.1 Å². The minimum atomic E-state index is -0.451. The van der Waals surface area contributed by atoms with Crippen LogP contribution in [0, 0.1) is 13.8 Å². The van der Waals surface area contributed by atoms with Crippen molar-refractivity contribution in [3.05, 3.63) is 100 Å². The van der Waals surface area contributed by atoms with Crippen molar-refractivity contribution in [1.29, 1.82) is 0 Å². The number of hydrogen-bond donors (Lipinski definition) is 2. The molecule has 176 valence electrons. The summed E-state index contributed by atoms with van der Waals surface area (Å²) in [5, 5.41) is 15.8. The van der Waals surface area contributed by atoms with Gasteiger partial charge in [-0.1, -0.05) is 48.5 Å². The van der Waals surface area contributed by atoms with Gasteiger partial charge in [0, 0.05) is 16.7 Å². The zero-order chi connectivity index (χ0) is 24.3. The third-order valence-electron chi connectivity index (χ3n) is 7.16. The predicted octanol–water partition coefficient (Wildman–Crippen LogP) is 5.82. The van der Waals surface area contributed by atoms with Gasteiger partial charge >= 0.3 is 0 Å². The monoisotopic (exact) mass is 465 g/mol. The molecule has 3 atom stereocenters. The minimum Gasteiger partial charge on any atom is -0.508 e. The molecule has 4 aromatic carbocycles. The molecular weight excluding hydrogens is 438 g/mol. The molecule has 4 aromatic rings. The number of phenolic OH excluding ortho intramolecular Hbond substituents is 1. The highest BCUT2D eigenvalue weighted by Gasteiger charge is 2.46. The van der Waals surface area contributed by atoms with Crippen LogP contribution in [0.4, 0.5) is 0 Å². The molecule has 0 saturated carbocycles. The van der Waals surface area contributed by atoms with Crippen molar-refractivity contribution in [3.63, 3.8) is 0 Å². The van der Waals surface area contributed by atoms with Crippen molar-refractivity contribution in [2.24, 2.45) is 0 Å². The standard InChI is InChI=1S/C30H27NO4/c1-16-13-17(2)26-24(14-16)35-30-29(26)28-23(34-30)12-10-20-9-11-22(32)21(27(20)28)15-25(33)31-18(3)19-7-5-4-6-8-19/h4-14,18,29-30,32H,15H2,1-3H3,(H,31,33)/t18-,29+,30+/m1/s1. The van der Waals surface area contributed by atoms with Crippen LogP contribution < -0.4 is 14.8 Å². The van der Waals surface area contributed by atoms with Crippen molar-refractivity contribution in [2.45, 2.75) is 45.4 Å². The molecule has 5 nitrogen and oxygen atoms in total. The van der Waals surface area contributed by atoms with Crippen LogP contribution in [0.2, 0.25) is 0 Å². The highest BCUT2D eigenvalue weighted by atomic mass is 16.7. The van der Waals surface area contributed by atoms with Crippen molar-refractivity contribution in [2.75, 3.05) is 0 Å². The van der Waals surface area contributed by atoms with Crippen LogP contribution in [0.1, 0.15) is 52.3 Å². The molecule has 2 aliphatic heterocycles.